The fourth-order valence-corrected chi connectivity index (χ4v) is 3.31. The Morgan fingerprint density at radius 2 is 1.21 bits per heavy atom. The quantitative estimate of drug-likeness (QED) is 0.481. The maximum Gasteiger partial charge on any atom is 0.294 e. The molecule has 0 atom stereocenters. The van der Waals surface area contributed by atoms with Crippen molar-refractivity contribution in [3.8, 4) is 12.1 Å². The first kappa shape index (κ1) is 24.6. The molecule has 13 heteroatoms. The zero-order chi connectivity index (χ0) is 24.5. The number of nitro benzene ring substituents is 3. The van der Waals surface area contributed by atoms with Crippen LogP contribution in [0.1, 0.15) is 18.1 Å². The van der Waals surface area contributed by atoms with Gasteiger partial charge in [-0.05, 0) is 18.7 Å². The molecular formula is C20H19N7O6. The number of rotatable bonds is 5. The van der Waals surface area contributed by atoms with Crippen LogP contribution in [0.15, 0.2) is 36.4 Å². The summed E-state index contributed by atoms with van der Waals surface area (Å²) < 4.78 is 0. The molecule has 0 unspecified atom stereocenters. The number of anilines is 1. The van der Waals surface area contributed by atoms with Crippen molar-refractivity contribution in [2.45, 2.75) is 6.92 Å². The van der Waals surface area contributed by atoms with Crippen LogP contribution in [0.2, 0.25) is 0 Å². The number of nitrogens with zero attached hydrogens (tertiary/aromatic N) is 7. The predicted molar refractivity (Wildman–Crippen MR) is 117 cm³/mol. The number of hydrogen-bond donors (Lipinski definition) is 0. The molecule has 1 aliphatic rings. The first-order chi connectivity index (χ1) is 15.7. The Bertz CT molecular complexity index is 1110. The Hall–Kier alpha value is -4.62. The molecule has 2 aromatic carbocycles. The van der Waals surface area contributed by atoms with Crippen LogP contribution in [0.25, 0.3) is 0 Å². The highest BCUT2D eigenvalue weighted by atomic mass is 16.6. The first-order valence-corrected chi connectivity index (χ1v) is 9.71. The van der Waals surface area contributed by atoms with Gasteiger partial charge in [0.1, 0.15) is 12.1 Å². The first-order valence-electron chi connectivity index (χ1n) is 9.71. The third kappa shape index (κ3) is 5.75. The summed E-state index contributed by atoms with van der Waals surface area (Å²) in [5.41, 5.74) is -0.909. The summed E-state index contributed by atoms with van der Waals surface area (Å²) in [5, 5.41) is 49.4. The number of piperazine rings is 1. The van der Waals surface area contributed by atoms with Gasteiger partial charge in [0.15, 0.2) is 5.56 Å². The molecule has 0 aliphatic carbocycles. The maximum absolute atomic E-state index is 10.9. The normalized spacial score (nSPS) is 13.1. The topological polar surface area (TPSA) is 183 Å². The molecule has 0 saturated carbocycles. The van der Waals surface area contributed by atoms with Crippen molar-refractivity contribution >= 4 is 22.7 Å². The number of nitro groups is 3. The molecule has 1 fully saturated rings. The number of hydrogen-bond acceptors (Lipinski definition) is 10. The molecular weight excluding hydrogens is 434 g/mol. The molecule has 33 heavy (non-hydrogen) atoms. The van der Waals surface area contributed by atoms with E-state index in [4.69, 9.17) is 5.26 Å². The van der Waals surface area contributed by atoms with E-state index in [-0.39, 0.29) is 11.3 Å². The fraction of sp³-hybridized carbons (Fsp3) is 0.300. The lowest BCUT2D eigenvalue weighted by Crippen LogP contribution is -2.46. The predicted octanol–water partition coefficient (Wildman–Crippen LogP) is 2.98. The minimum Gasteiger partial charge on any atom is -0.368 e. The summed E-state index contributed by atoms with van der Waals surface area (Å²) in [5.74, 6) is 0. The highest BCUT2D eigenvalue weighted by Gasteiger charge is 2.24. The molecule has 1 aliphatic heterocycles. The van der Waals surface area contributed by atoms with Crippen LogP contribution in [0, 0.1) is 53.0 Å². The van der Waals surface area contributed by atoms with Gasteiger partial charge in [0.2, 0.25) is 5.56 Å². The van der Waals surface area contributed by atoms with Gasteiger partial charge < -0.3 is 9.80 Å². The molecule has 0 bridgehead atoms. The molecule has 2 aromatic rings. The summed E-state index contributed by atoms with van der Waals surface area (Å²) in [6.45, 7) is 6.55. The Labute approximate surface area is 188 Å². The van der Waals surface area contributed by atoms with Gasteiger partial charge in [-0.2, -0.15) is 10.5 Å². The number of nitriles is 2. The van der Waals surface area contributed by atoms with Gasteiger partial charge in [0.25, 0.3) is 17.1 Å². The van der Waals surface area contributed by atoms with E-state index in [0.29, 0.717) is 5.69 Å². The van der Waals surface area contributed by atoms with Crippen LogP contribution in [-0.2, 0) is 0 Å². The Balaban J connectivity index is 0.000000245. The van der Waals surface area contributed by atoms with Gasteiger partial charge in [-0.1, -0.05) is 13.0 Å². The molecule has 0 spiro atoms. The molecule has 1 saturated heterocycles. The van der Waals surface area contributed by atoms with Gasteiger partial charge in [-0.15, -0.1) is 0 Å². The third-order valence-electron chi connectivity index (χ3n) is 5.01. The Morgan fingerprint density at radius 3 is 1.61 bits per heavy atom. The SMILES string of the molecule is CCN1CCN(c2cccc([N+](=O)[O-])c2C#N)CC1.N#Cc1c([N+](=O)[O-])cccc1[N+](=O)[O-]. The molecule has 0 radical (unpaired) electrons. The van der Waals surface area contributed by atoms with Crippen molar-refractivity contribution in [1.82, 2.24) is 4.90 Å². The smallest absolute Gasteiger partial charge is 0.294 e. The van der Waals surface area contributed by atoms with Crippen molar-refractivity contribution in [1.29, 1.82) is 10.5 Å². The fourth-order valence-electron chi connectivity index (χ4n) is 3.31. The second kappa shape index (κ2) is 11.1. The van der Waals surface area contributed by atoms with E-state index in [9.17, 15) is 35.6 Å². The standard InChI is InChI=1S/C13H16N4O2.C7H3N3O4/c1-2-15-6-8-16(9-7-15)12-4-3-5-13(17(18)19)11(12)10-14;8-4-5-6(9(11)12)2-1-3-7(5)10(13)14/h3-5H,2,6-9H2,1H3;1-3H. The maximum atomic E-state index is 10.9. The van der Waals surface area contributed by atoms with E-state index in [1.807, 2.05) is 6.07 Å². The summed E-state index contributed by atoms with van der Waals surface area (Å²) in [7, 11) is 0. The van der Waals surface area contributed by atoms with Crippen LogP contribution < -0.4 is 4.90 Å². The van der Waals surface area contributed by atoms with Crippen molar-refractivity contribution < 1.29 is 14.8 Å². The lowest BCUT2D eigenvalue weighted by molar-refractivity contribution is -0.394. The van der Waals surface area contributed by atoms with Crippen molar-refractivity contribution in [3.05, 3.63) is 77.9 Å². The molecule has 0 amide bonds. The number of benzene rings is 2. The molecule has 0 aromatic heterocycles. The van der Waals surface area contributed by atoms with Crippen molar-refractivity contribution in [2.24, 2.45) is 0 Å². The second-order valence-electron chi connectivity index (χ2n) is 6.76. The monoisotopic (exact) mass is 453 g/mol. The minimum absolute atomic E-state index is 0.113. The van der Waals surface area contributed by atoms with Crippen LogP contribution in [0.3, 0.4) is 0 Å². The van der Waals surface area contributed by atoms with Gasteiger partial charge in [0, 0.05) is 44.4 Å². The highest BCUT2D eigenvalue weighted by molar-refractivity contribution is 5.68. The van der Waals surface area contributed by atoms with E-state index in [2.05, 4.69) is 16.7 Å². The molecule has 13 nitrogen and oxygen atoms in total. The lowest BCUT2D eigenvalue weighted by atomic mass is 10.1. The van der Waals surface area contributed by atoms with Crippen LogP contribution >= 0.6 is 0 Å². The van der Waals surface area contributed by atoms with E-state index >= 15 is 0 Å². The molecule has 3 rings (SSSR count). The van der Waals surface area contributed by atoms with E-state index in [0.717, 1.165) is 50.9 Å². The van der Waals surface area contributed by atoms with Crippen molar-refractivity contribution in [2.75, 3.05) is 37.6 Å². The summed E-state index contributed by atoms with van der Waals surface area (Å²) in [6.07, 6.45) is 0. The van der Waals surface area contributed by atoms with Gasteiger partial charge >= 0.3 is 0 Å². The molecule has 1 heterocycles. The zero-order valence-corrected chi connectivity index (χ0v) is 17.6. The second-order valence-corrected chi connectivity index (χ2v) is 6.76. The van der Waals surface area contributed by atoms with E-state index in [1.54, 1.807) is 12.1 Å². The van der Waals surface area contributed by atoms with Crippen LogP contribution in [0.4, 0.5) is 22.7 Å². The Morgan fingerprint density at radius 1 is 0.788 bits per heavy atom. The van der Waals surface area contributed by atoms with Crippen LogP contribution in [0.5, 0.6) is 0 Å². The minimum atomic E-state index is -0.828. The highest BCUT2D eigenvalue weighted by Crippen LogP contribution is 2.29. The van der Waals surface area contributed by atoms with Gasteiger partial charge in [-0.3, -0.25) is 30.3 Å². The number of likely N-dealkylation sites (N-methyl/N-ethyl adjacent to an activating group) is 1. The van der Waals surface area contributed by atoms with E-state index in [1.165, 1.54) is 12.1 Å². The Kier molecular flexibility index (Phi) is 8.31. The van der Waals surface area contributed by atoms with Crippen LogP contribution in [-0.4, -0.2) is 52.4 Å². The summed E-state index contributed by atoms with van der Waals surface area (Å²) in [4.78, 5) is 33.9. The van der Waals surface area contributed by atoms with E-state index < -0.39 is 31.7 Å². The van der Waals surface area contributed by atoms with Gasteiger partial charge in [0.05, 0.1) is 20.5 Å². The van der Waals surface area contributed by atoms with Gasteiger partial charge in [-0.25, -0.2) is 0 Å². The molecule has 0 N–H and O–H groups in total. The third-order valence-corrected chi connectivity index (χ3v) is 5.01. The largest absolute Gasteiger partial charge is 0.368 e. The summed E-state index contributed by atoms with van der Waals surface area (Å²) >= 11 is 0. The summed E-state index contributed by atoms with van der Waals surface area (Å²) in [6, 6.07) is 11.5. The average Bonchev–Trinajstić information content (AvgIpc) is 2.83. The average molecular weight is 453 g/mol. The molecule has 170 valence electrons. The zero-order valence-electron chi connectivity index (χ0n) is 17.6. The van der Waals surface area contributed by atoms with Crippen molar-refractivity contribution in [3.63, 3.8) is 0 Å². The lowest BCUT2D eigenvalue weighted by Gasteiger charge is -2.35.